The molecule has 2 aliphatic rings. The average molecular weight is 1350 g/mol. The summed E-state index contributed by atoms with van der Waals surface area (Å²) < 4.78 is 37.9. The Morgan fingerprint density at radius 1 is 0.602 bits per heavy atom. The van der Waals surface area contributed by atoms with E-state index >= 15 is 0 Å². The number of aryl methyl sites for hydroxylation is 4. The van der Waals surface area contributed by atoms with E-state index in [0.717, 1.165) is 72.2 Å². The molecule has 0 radical (unpaired) electrons. The number of nitrogens with one attached hydrogen (secondary N) is 6. The largest absolute Gasteiger partial charge is 1.00 e. The number of H-pyrrole nitrogens is 2. The van der Waals surface area contributed by atoms with Gasteiger partial charge in [-0.25, -0.2) is 38.3 Å². The number of fused-ring (bicyclic) bond motifs is 4. The van der Waals surface area contributed by atoms with Crippen LogP contribution in [0.3, 0.4) is 0 Å². The number of anilines is 2. The van der Waals surface area contributed by atoms with E-state index < -0.39 is 41.9 Å². The molecule has 2 atom stereocenters. The number of benzene rings is 4. The molecule has 10 rings (SSSR count). The maximum Gasteiger partial charge on any atom is 1.00 e. The normalized spacial score (nSPS) is 12.4. The molecule has 4 aromatic heterocycles. The molecule has 4 aromatic carbocycles. The molecule has 0 saturated carbocycles. The number of likely N-dealkylation sites (N-methyl/N-ethyl adjacent to an activating group) is 2. The van der Waals surface area contributed by atoms with Crippen LogP contribution >= 0.6 is 50.2 Å². The zero-order valence-electron chi connectivity index (χ0n) is 52.7. The summed E-state index contributed by atoms with van der Waals surface area (Å²) in [5.74, 6) is -0.307. The van der Waals surface area contributed by atoms with Crippen molar-refractivity contribution in [3.05, 3.63) is 177 Å². The number of imidazole rings is 2. The molecule has 0 saturated heterocycles. The number of nitrogens with zero attached hydrogens (tertiary/aromatic N) is 6. The molecule has 0 unspecified atom stereocenters. The van der Waals surface area contributed by atoms with E-state index in [1.165, 1.54) is 70.8 Å². The van der Waals surface area contributed by atoms with Crippen molar-refractivity contribution in [1.29, 1.82) is 0 Å². The number of pyridine rings is 2. The number of amides is 4. The van der Waals surface area contributed by atoms with E-state index in [1.54, 1.807) is 43.7 Å². The van der Waals surface area contributed by atoms with Crippen molar-refractivity contribution in [3.8, 4) is 0 Å². The summed E-state index contributed by atoms with van der Waals surface area (Å²) >= 11 is 11.9. The third-order valence-electron chi connectivity index (χ3n) is 14.9. The Kier molecular flexibility index (Phi) is 32.8. The van der Waals surface area contributed by atoms with Crippen LogP contribution in [0.4, 0.5) is 30.0 Å². The van der Waals surface area contributed by atoms with Gasteiger partial charge in [-0.1, -0.05) is 96.0 Å². The summed E-state index contributed by atoms with van der Waals surface area (Å²) in [4.78, 5) is 99.0. The van der Waals surface area contributed by atoms with E-state index in [4.69, 9.17) is 32.7 Å². The molecular formula is C65H77Cl2F2LiN12O9S2. The quantitative estimate of drug-likeness (QED) is 0.0422. The smallest absolute Gasteiger partial charge is 0.550 e. The molecule has 0 bridgehead atoms. The van der Waals surface area contributed by atoms with Gasteiger partial charge >= 0.3 is 31.0 Å². The fourth-order valence-corrected chi connectivity index (χ4v) is 10.3. The third-order valence-corrected chi connectivity index (χ3v) is 15.7. The monoisotopic (exact) mass is 1350 g/mol. The standard InChI is InChI=1S/C26H27ClFN3O4.C25H25ClFN3O5.2C7H11N3.Li.2H2S/c1-17(32)10-12-21(31(2)24(33)13-11-18-8-5-9-22(28)25(18)27)16-35-26(34)30-23-14-19-6-3-4-7-20(19)15-29-23;1-30(22(31)11-9-16-7-4-8-20(27)24(16)26)19(10-12-23(32)33)15-35-25(34)29-21-13-17-5-2-3-6-18(17)14-28-21;2*1-5-9-6-2-3-8-4-7(6)10-5;;;/h3-9,14-15,21H,10-13,16H2,1-2H3,(H,29,30,34);2-8,13-14,19H,9-12,15H2,1H3,(H,32,33)(H,28,29,34);2*8H,2-4H2,1H3,(H,9,10);;2*1H2/q;;;;+1;;/p-1/t21-;19-;;;;;/m00...../s1. The summed E-state index contributed by atoms with van der Waals surface area (Å²) in [6.45, 7) is 9.16. The van der Waals surface area contributed by atoms with E-state index in [-0.39, 0.29) is 137 Å². The van der Waals surface area contributed by atoms with Crippen molar-refractivity contribution < 1.29 is 71.0 Å². The average Bonchev–Trinajstić information content (AvgIpc) is 2.17. The molecule has 0 spiro atoms. The van der Waals surface area contributed by atoms with Crippen LogP contribution in [0, 0.1) is 25.5 Å². The fraction of sp³-hybridized carbons (Fsp3) is 0.354. The second-order valence-electron chi connectivity index (χ2n) is 21.5. The number of halogens is 4. The van der Waals surface area contributed by atoms with Gasteiger partial charge in [0.1, 0.15) is 53.9 Å². The van der Waals surface area contributed by atoms with Crippen LogP contribution in [-0.2, 0) is 67.4 Å². The molecule has 8 aromatic rings. The second-order valence-corrected chi connectivity index (χ2v) is 22.3. The maximum atomic E-state index is 13.7. The van der Waals surface area contributed by atoms with Crippen molar-refractivity contribution in [2.24, 2.45) is 0 Å². The van der Waals surface area contributed by atoms with Crippen molar-refractivity contribution in [2.45, 2.75) is 110 Å². The minimum Gasteiger partial charge on any atom is -0.550 e. The Morgan fingerprint density at radius 3 is 1.39 bits per heavy atom. The van der Waals surface area contributed by atoms with Gasteiger partial charge in [0.25, 0.3) is 0 Å². The zero-order chi connectivity index (χ0) is 64.7. The van der Waals surface area contributed by atoms with E-state index in [1.807, 2.05) is 62.4 Å². The predicted molar refractivity (Wildman–Crippen MR) is 358 cm³/mol. The van der Waals surface area contributed by atoms with Gasteiger partial charge in [0.15, 0.2) is 0 Å². The Hall–Kier alpha value is -7.60. The van der Waals surface area contributed by atoms with Crippen LogP contribution in [0.1, 0.15) is 91.0 Å². The van der Waals surface area contributed by atoms with Gasteiger partial charge in [-0.15, -0.1) is 0 Å². The molecule has 0 fully saturated rings. The van der Waals surface area contributed by atoms with Gasteiger partial charge in [0.2, 0.25) is 11.8 Å². The first-order valence-corrected chi connectivity index (χ1v) is 30.1. The first-order valence-electron chi connectivity index (χ1n) is 29.3. The summed E-state index contributed by atoms with van der Waals surface area (Å²) in [5.41, 5.74) is 6.05. The molecule has 21 nitrogen and oxygen atoms in total. The molecule has 0 aliphatic carbocycles. The second kappa shape index (κ2) is 39.2. The number of carbonyl (C=O) groups excluding carboxylic acids is 6. The van der Waals surface area contributed by atoms with Crippen molar-refractivity contribution >= 4 is 119 Å². The van der Waals surface area contributed by atoms with Crippen molar-refractivity contribution in [3.63, 3.8) is 0 Å². The molecule has 2 aliphatic heterocycles. The van der Waals surface area contributed by atoms with Crippen molar-refractivity contribution in [2.75, 3.05) is 51.0 Å². The topological polar surface area (TPSA) is 282 Å². The summed E-state index contributed by atoms with van der Waals surface area (Å²) in [6, 6.07) is 26.1. The summed E-state index contributed by atoms with van der Waals surface area (Å²) in [5, 5.41) is 26.3. The predicted octanol–water partition coefficient (Wildman–Crippen LogP) is 6.93. The number of aromatic amines is 2. The van der Waals surface area contributed by atoms with Gasteiger partial charge < -0.3 is 54.6 Å². The maximum absolute atomic E-state index is 13.7. The van der Waals surface area contributed by atoms with Gasteiger partial charge in [0.05, 0.1) is 44.9 Å². The minimum atomic E-state index is -1.28. The van der Waals surface area contributed by atoms with Crippen LogP contribution in [0.15, 0.2) is 109 Å². The molecule has 28 heteroatoms. The van der Waals surface area contributed by atoms with Crippen LogP contribution in [0.5, 0.6) is 0 Å². The Bertz CT molecular complexity index is 3510. The van der Waals surface area contributed by atoms with E-state index in [0.29, 0.717) is 23.4 Å². The van der Waals surface area contributed by atoms with Gasteiger partial charge in [-0.2, -0.15) is 27.0 Å². The van der Waals surface area contributed by atoms with Gasteiger partial charge in [-0.05, 0) is 99.0 Å². The Balaban J connectivity index is 0.000000296. The molecule has 492 valence electrons. The molecule has 93 heavy (non-hydrogen) atoms. The number of carboxylic acid groups (broad SMARTS) is 1. The van der Waals surface area contributed by atoms with Crippen LogP contribution in [-0.4, -0.2) is 128 Å². The number of carboxylic acids is 1. The van der Waals surface area contributed by atoms with E-state index in [9.17, 15) is 42.7 Å². The summed E-state index contributed by atoms with van der Waals surface area (Å²) in [6.07, 6.45) is 4.71. The number of carbonyl (C=O) groups is 6. The van der Waals surface area contributed by atoms with Crippen LogP contribution in [0.2, 0.25) is 10.0 Å². The number of Topliss-reactive ketones (excluding diaryl/α,β-unsaturated/α-hetero) is 1. The molecule has 4 amide bonds. The molecule has 6 heterocycles. The minimum absolute atomic E-state index is 0. The molecule has 6 N–H and O–H groups in total. The van der Waals surface area contributed by atoms with Crippen LogP contribution < -0.4 is 45.2 Å². The third kappa shape index (κ3) is 24.7. The van der Waals surface area contributed by atoms with E-state index in [2.05, 4.69) is 51.2 Å². The number of aromatic nitrogens is 6. The zero-order valence-corrected chi connectivity index (χ0v) is 56.2. The van der Waals surface area contributed by atoms with Gasteiger partial charge in [0, 0.05) is 102 Å². The van der Waals surface area contributed by atoms with Crippen LogP contribution in [0.25, 0.3) is 21.5 Å². The first-order chi connectivity index (χ1) is 43.2. The number of aliphatic carboxylic acids is 1. The fourth-order valence-electron chi connectivity index (χ4n) is 9.81. The van der Waals surface area contributed by atoms with Gasteiger partial charge in [-0.3, -0.25) is 20.2 Å². The number of ether oxygens (including phenoxy) is 2. The number of rotatable bonds is 20. The van der Waals surface area contributed by atoms with Crippen molar-refractivity contribution in [1.82, 2.24) is 50.3 Å². The number of hydrogen-bond acceptors (Lipinski definition) is 15. The number of ketones is 1. The molecular weight excluding hydrogens is 1270 g/mol. The first kappa shape index (κ1) is 77.8. The summed E-state index contributed by atoms with van der Waals surface area (Å²) in [7, 11) is 3.08. The SMILES string of the molecule is CC(=O)CC[C@@H](COC(=O)Nc1cc2ccccc2cn1)N(C)C(=O)CCc1cccc(F)c1Cl.CN(C(=O)CCc1cccc(F)c1Cl)[C@@H](CCC(=O)[O-])COC(=O)Nc1cc2ccccc2cn1.Cc1nc2c([nH]1)CNCC2.Cc1nc2c([nH]1)CNCC2.S.S.[Li+]. The Morgan fingerprint density at radius 2 is 1.00 bits per heavy atom. The Labute approximate surface area is 574 Å². The number of hydrogen-bond donors (Lipinski definition) is 6.